The second-order valence-corrected chi connectivity index (χ2v) is 9.46. The van der Waals surface area contributed by atoms with Crippen LogP contribution in [0.5, 0.6) is 0 Å². The highest BCUT2D eigenvalue weighted by molar-refractivity contribution is 14.1. The van der Waals surface area contributed by atoms with Gasteiger partial charge in [-0.15, -0.1) is 11.3 Å². The van der Waals surface area contributed by atoms with Crippen LogP contribution in [0.25, 0.3) is 0 Å². The van der Waals surface area contributed by atoms with Crippen LogP contribution in [0.2, 0.25) is 0 Å². The van der Waals surface area contributed by atoms with Gasteiger partial charge < -0.3 is 15.3 Å². The molecule has 2 heterocycles. The molecule has 0 bridgehead atoms. The van der Waals surface area contributed by atoms with Crippen molar-refractivity contribution in [3.05, 3.63) is 85.1 Å². The molecule has 2 unspecified atom stereocenters. The van der Waals surface area contributed by atoms with E-state index in [1.54, 1.807) is 54.6 Å². The predicted molar refractivity (Wildman–Crippen MR) is 123 cm³/mol. The largest absolute Gasteiger partial charge is 0.479 e. The first-order chi connectivity index (χ1) is 14.4. The summed E-state index contributed by atoms with van der Waals surface area (Å²) in [4.78, 5) is 42.2. The molecule has 8 heteroatoms. The molecule has 2 amide bonds. The topological polar surface area (TPSA) is 86.7 Å². The first-order valence-corrected chi connectivity index (χ1v) is 11.0. The first kappa shape index (κ1) is 20.5. The van der Waals surface area contributed by atoms with Gasteiger partial charge in [0.05, 0.1) is 11.3 Å². The Balaban J connectivity index is 1.96. The van der Waals surface area contributed by atoms with Crippen LogP contribution in [0.1, 0.15) is 37.8 Å². The van der Waals surface area contributed by atoms with E-state index >= 15 is 0 Å². The summed E-state index contributed by atoms with van der Waals surface area (Å²) in [5.74, 6) is -2.14. The monoisotopic (exact) mass is 532 g/mol. The van der Waals surface area contributed by atoms with E-state index in [9.17, 15) is 19.5 Å². The van der Waals surface area contributed by atoms with E-state index in [0.29, 0.717) is 16.1 Å². The number of aryl methyl sites for hydroxylation is 1. The number of halogens is 1. The highest BCUT2D eigenvalue weighted by atomic mass is 127. The second-order valence-electron chi connectivity index (χ2n) is 6.89. The SMILES string of the molecule is Cc1ccc(C2C(=O)Nc3ccc(I)cc3C(=O)N2C(C(=O)O)c2ccccc2)s1. The summed E-state index contributed by atoms with van der Waals surface area (Å²) in [6.07, 6.45) is 0. The smallest absolute Gasteiger partial charge is 0.331 e. The van der Waals surface area contributed by atoms with Crippen LogP contribution in [0.15, 0.2) is 60.7 Å². The molecule has 0 spiro atoms. The van der Waals surface area contributed by atoms with E-state index in [0.717, 1.165) is 8.45 Å². The van der Waals surface area contributed by atoms with Crippen molar-refractivity contribution in [1.29, 1.82) is 0 Å². The lowest BCUT2D eigenvalue weighted by Crippen LogP contribution is -2.44. The standard InChI is InChI=1S/C22H17IN2O4S/c1-12-7-10-17(30-12)19-20(26)24-16-9-8-14(23)11-15(16)21(27)25(19)18(22(28)29)13-5-3-2-4-6-13/h2-11,18-19H,1H3,(H,24,26)(H,28,29). The maximum absolute atomic E-state index is 13.7. The Hall–Kier alpha value is -2.72. The number of carboxylic acid groups (broad SMARTS) is 1. The van der Waals surface area contributed by atoms with Gasteiger partial charge in [0, 0.05) is 13.3 Å². The number of carbonyl (C=O) groups is 3. The third-order valence-corrected chi connectivity index (χ3v) is 6.61. The fourth-order valence-corrected chi connectivity index (χ4v) is 5.04. The highest BCUT2D eigenvalue weighted by Gasteiger charge is 2.44. The molecular formula is C22H17IN2O4S. The van der Waals surface area contributed by atoms with Crippen LogP contribution in [-0.4, -0.2) is 27.8 Å². The van der Waals surface area contributed by atoms with Crippen molar-refractivity contribution < 1.29 is 19.5 Å². The predicted octanol–water partition coefficient (Wildman–Crippen LogP) is 4.62. The number of nitrogens with one attached hydrogen (secondary N) is 1. The lowest BCUT2D eigenvalue weighted by atomic mass is 10.0. The van der Waals surface area contributed by atoms with Crippen LogP contribution < -0.4 is 5.32 Å². The zero-order valence-corrected chi connectivity index (χ0v) is 18.8. The van der Waals surface area contributed by atoms with Crippen molar-refractivity contribution in [2.75, 3.05) is 5.32 Å². The van der Waals surface area contributed by atoms with Crippen molar-refractivity contribution in [2.45, 2.75) is 19.0 Å². The number of aliphatic carboxylic acids is 1. The molecule has 1 aliphatic heterocycles. The van der Waals surface area contributed by atoms with Crippen LogP contribution >= 0.6 is 33.9 Å². The van der Waals surface area contributed by atoms with Crippen LogP contribution in [0.4, 0.5) is 5.69 Å². The Morgan fingerprint density at radius 2 is 1.87 bits per heavy atom. The number of fused-ring (bicyclic) bond motifs is 1. The Morgan fingerprint density at radius 1 is 1.13 bits per heavy atom. The molecule has 2 aromatic carbocycles. The van der Waals surface area contributed by atoms with Crippen molar-refractivity contribution in [1.82, 2.24) is 4.90 Å². The molecule has 0 saturated carbocycles. The number of carbonyl (C=O) groups excluding carboxylic acids is 2. The molecular weight excluding hydrogens is 515 g/mol. The Bertz CT molecular complexity index is 1150. The van der Waals surface area contributed by atoms with Gasteiger partial charge >= 0.3 is 5.97 Å². The zero-order chi connectivity index (χ0) is 21.4. The lowest BCUT2D eigenvalue weighted by molar-refractivity contribution is -0.144. The number of amides is 2. The Labute approximate surface area is 190 Å². The average Bonchev–Trinajstić information content (AvgIpc) is 3.10. The van der Waals surface area contributed by atoms with Crippen molar-refractivity contribution in [3.8, 4) is 0 Å². The van der Waals surface area contributed by atoms with Gasteiger partial charge in [0.1, 0.15) is 6.04 Å². The van der Waals surface area contributed by atoms with Gasteiger partial charge in [-0.1, -0.05) is 30.3 Å². The molecule has 6 nitrogen and oxygen atoms in total. The van der Waals surface area contributed by atoms with Gasteiger partial charge in [-0.25, -0.2) is 4.79 Å². The van der Waals surface area contributed by atoms with Gasteiger partial charge in [-0.2, -0.15) is 0 Å². The Morgan fingerprint density at radius 3 is 2.50 bits per heavy atom. The third-order valence-electron chi connectivity index (χ3n) is 4.89. The molecule has 152 valence electrons. The van der Waals surface area contributed by atoms with Gasteiger partial charge in [-0.05, 0) is 65.4 Å². The van der Waals surface area contributed by atoms with Crippen molar-refractivity contribution in [3.63, 3.8) is 0 Å². The maximum atomic E-state index is 13.7. The van der Waals surface area contributed by atoms with E-state index in [1.807, 2.05) is 13.0 Å². The number of hydrogen-bond acceptors (Lipinski definition) is 4. The molecule has 0 fully saturated rings. The normalized spacial score (nSPS) is 17.1. The number of anilines is 1. The molecule has 1 aliphatic rings. The van der Waals surface area contributed by atoms with E-state index in [-0.39, 0.29) is 5.56 Å². The maximum Gasteiger partial charge on any atom is 0.331 e. The third kappa shape index (κ3) is 3.72. The lowest BCUT2D eigenvalue weighted by Gasteiger charge is -2.33. The van der Waals surface area contributed by atoms with E-state index in [2.05, 4.69) is 27.9 Å². The van der Waals surface area contributed by atoms with Gasteiger partial charge in [0.2, 0.25) is 0 Å². The van der Waals surface area contributed by atoms with Crippen molar-refractivity contribution in [2.24, 2.45) is 0 Å². The molecule has 0 radical (unpaired) electrons. The second kappa shape index (κ2) is 8.19. The van der Waals surface area contributed by atoms with Crippen LogP contribution in [0, 0.1) is 10.5 Å². The highest BCUT2D eigenvalue weighted by Crippen LogP contribution is 2.39. The van der Waals surface area contributed by atoms with E-state index in [4.69, 9.17) is 0 Å². The average molecular weight is 532 g/mol. The molecule has 30 heavy (non-hydrogen) atoms. The minimum absolute atomic E-state index is 0.271. The molecule has 4 rings (SSSR count). The summed E-state index contributed by atoms with van der Waals surface area (Å²) in [5.41, 5.74) is 1.08. The van der Waals surface area contributed by atoms with Gasteiger partial charge in [0.15, 0.2) is 6.04 Å². The summed E-state index contributed by atoms with van der Waals surface area (Å²) in [6, 6.07) is 14.9. The number of nitrogens with zero attached hydrogens (tertiary/aromatic N) is 1. The molecule has 3 aromatic rings. The van der Waals surface area contributed by atoms with Crippen LogP contribution in [0.3, 0.4) is 0 Å². The van der Waals surface area contributed by atoms with Crippen molar-refractivity contribution >= 4 is 57.4 Å². The van der Waals surface area contributed by atoms with Gasteiger partial charge in [-0.3, -0.25) is 9.59 Å². The van der Waals surface area contributed by atoms with E-state index in [1.165, 1.54) is 16.2 Å². The molecule has 2 atom stereocenters. The number of hydrogen-bond donors (Lipinski definition) is 2. The quantitative estimate of drug-likeness (QED) is 0.481. The first-order valence-electron chi connectivity index (χ1n) is 9.14. The minimum atomic E-state index is -1.32. The van der Waals surface area contributed by atoms with E-state index < -0.39 is 29.9 Å². The summed E-state index contributed by atoms with van der Waals surface area (Å²) < 4.78 is 0.811. The summed E-state index contributed by atoms with van der Waals surface area (Å²) in [5, 5.41) is 12.9. The number of rotatable bonds is 4. The molecule has 0 saturated heterocycles. The minimum Gasteiger partial charge on any atom is -0.479 e. The molecule has 1 aromatic heterocycles. The Kier molecular flexibility index (Phi) is 5.61. The number of benzene rings is 2. The number of carboxylic acids is 1. The summed E-state index contributed by atoms with van der Waals surface area (Å²) >= 11 is 3.46. The molecule has 0 aliphatic carbocycles. The van der Waals surface area contributed by atoms with Crippen LogP contribution in [-0.2, 0) is 9.59 Å². The molecule has 2 N–H and O–H groups in total. The number of thiophene rings is 1. The fraction of sp³-hybridized carbons (Fsp3) is 0.136. The zero-order valence-electron chi connectivity index (χ0n) is 15.8. The fourth-order valence-electron chi connectivity index (χ4n) is 3.58. The summed E-state index contributed by atoms with van der Waals surface area (Å²) in [6.45, 7) is 1.90. The summed E-state index contributed by atoms with van der Waals surface area (Å²) in [7, 11) is 0. The van der Waals surface area contributed by atoms with Gasteiger partial charge in [0.25, 0.3) is 11.8 Å².